The average molecular weight is 349 g/mol. The Morgan fingerprint density at radius 1 is 1.50 bits per heavy atom. The van der Waals surface area contributed by atoms with Gasteiger partial charge < -0.3 is 10.1 Å². The largest absolute Gasteiger partial charge is 0.380 e. The molecule has 0 fully saturated rings. The highest BCUT2D eigenvalue weighted by Crippen LogP contribution is 2.29. The van der Waals surface area contributed by atoms with Crippen LogP contribution in [-0.2, 0) is 4.74 Å². The van der Waals surface area contributed by atoms with Crippen LogP contribution < -0.4 is 5.32 Å². The summed E-state index contributed by atoms with van der Waals surface area (Å²) in [6.45, 7) is 3.48. The average Bonchev–Trinajstić information content (AvgIpc) is 2.39. The molecule has 0 spiro atoms. The van der Waals surface area contributed by atoms with Crippen molar-refractivity contribution in [1.82, 2.24) is 5.32 Å². The number of amides is 1. The normalized spacial score (nSPS) is 13.7. The van der Waals surface area contributed by atoms with Crippen LogP contribution in [-0.4, -0.2) is 30.1 Å². The molecule has 0 saturated heterocycles. The Balaban J connectivity index is 3.02. The van der Waals surface area contributed by atoms with Crippen LogP contribution >= 0.6 is 15.9 Å². The van der Waals surface area contributed by atoms with Crippen LogP contribution in [0.25, 0.3) is 0 Å². The molecule has 8 heteroatoms. The Kier molecular flexibility index (Phi) is 5.58. The van der Waals surface area contributed by atoms with Gasteiger partial charge in [-0.25, -0.2) is 4.39 Å². The lowest BCUT2D eigenvalue weighted by atomic mass is 10.1. The molecule has 0 heterocycles. The summed E-state index contributed by atoms with van der Waals surface area (Å²) in [7, 11) is 1.50. The Morgan fingerprint density at radius 2 is 2.10 bits per heavy atom. The third-order valence-corrected chi connectivity index (χ3v) is 3.69. The van der Waals surface area contributed by atoms with Crippen molar-refractivity contribution in [3.63, 3.8) is 0 Å². The lowest BCUT2D eigenvalue weighted by Gasteiger charge is -2.19. The van der Waals surface area contributed by atoms with Crippen molar-refractivity contribution in [2.45, 2.75) is 26.0 Å². The number of halogens is 2. The highest BCUT2D eigenvalue weighted by atomic mass is 79.9. The summed E-state index contributed by atoms with van der Waals surface area (Å²) < 4.78 is 18.3. The van der Waals surface area contributed by atoms with Gasteiger partial charge in [-0.2, -0.15) is 0 Å². The zero-order valence-electron chi connectivity index (χ0n) is 11.1. The summed E-state index contributed by atoms with van der Waals surface area (Å²) >= 11 is 2.78. The first-order valence-corrected chi connectivity index (χ1v) is 6.54. The maximum Gasteiger partial charge on any atom is 0.287 e. The number of nitrogens with zero attached hydrogens (tertiary/aromatic N) is 1. The second-order valence-electron chi connectivity index (χ2n) is 4.25. The highest BCUT2D eigenvalue weighted by Gasteiger charge is 2.22. The molecule has 20 heavy (non-hydrogen) atoms. The Bertz CT molecular complexity index is 538. The van der Waals surface area contributed by atoms with E-state index in [0.717, 1.165) is 12.1 Å². The Morgan fingerprint density at radius 3 is 2.60 bits per heavy atom. The molecule has 0 aromatic heterocycles. The molecule has 6 nitrogen and oxygen atoms in total. The van der Waals surface area contributed by atoms with Crippen LogP contribution in [0, 0.1) is 15.9 Å². The third kappa shape index (κ3) is 3.73. The fourth-order valence-corrected chi connectivity index (χ4v) is 1.82. The molecule has 1 rings (SSSR count). The van der Waals surface area contributed by atoms with E-state index in [9.17, 15) is 19.3 Å². The number of rotatable bonds is 5. The van der Waals surface area contributed by atoms with E-state index in [1.165, 1.54) is 7.11 Å². The number of methoxy groups -OCH3 is 1. The summed E-state index contributed by atoms with van der Waals surface area (Å²) in [6, 6.07) is 1.64. The molecule has 110 valence electrons. The monoisotopic (exact) mass is 348 g/mol. The van der Waals surface area contributed by atoms with Gasteiger partial charge in [-0.05, 0) is 35.8 Å². The summed E-state index contributed by atoms with van der Waals surface area (Å²) in [5.41, 5.74) is -0.616. The van der Waals surface area contributed by atoms with Gasteiger partial charge in [0, 0.05) is 18.7 Å². The quantitative estimate of drug-likeness (QED) is 0.655. The number of hydrogen-bond acceptors (Lipinski definition) is 4. The van der Waals surface area contributed by atoms with Crippen molar-refractivity contribution in [2.24, 2.45) is 0 Å². The Hall–Kier alpha value is -1.54. The van der Waals surface area contributed by atoms with Gasteiger partial charge in [-0.15, -0.1) is 0 Å². The van der Waals surface area contributed by atoms with Crippen LogP contribution in [0.1, 0.15) is 24.2 Å². The number of nitro benzene ring substituents is 1. The van der Waals surface area contributed by atoms with Crippen molar-refractivity contribution >= 4 is 27.5 Å². The van der Waals surface area contributed by atoms with Crippen molar-refractivity contribution in [3.8, 4) is 0 Å². The first kappa shape index (κ1) is 16.5. The molecular weight excluding hydrogens is 335 g/mol. The lowest BCUT2D eigenvalue weighted by molar-refractivity contribution is -0.385. The molecule has 1 aromatic carbocycles. The van der Waals surface area contributed by atoms with Gasteiger partial charge in [0.2, 0.25) is 0 Å². The molecule has 0 aliphatic carbocycles. The third-order valence-electron chi connectivity index (χ3n) is 2.90. The molecule has 1 unspecified atom stereocenters. The van der Waals surface area contributed by atoms with E-state index in [1.807, 2.05) is 0 Å². The topological polar surface area (TPSA) is 81.5 Å². The second-order valence-corrected chi connectivity index (χ2v) is 5.04. The summed E-state index contributed by atoms with van der Waals surface area (Å²) in [4.78, 5) is 22.0. The van der Waals surface area contributed by atoms with Gasteiger partial charge in [0.1, 0.15) is 10.3 Å². The molecular formula is C12H14BrFN2O4. The fourth-order valence-electron chi connectivity index (χ4n) is 1.45. The molecule has 1 N–H and O–H groups in total. The molecule has 2 atom stereocenters. The van der Waals surface area contributed by atoms with Gasteiger partial charge in [-0.3, -0.25) is 14.9 Å². The van der Waals surface area contributed by atoms with E-state index in [0.29, 0.717) is 0 Å². The maximum atomic E-state index is 13.6. The number of benzene rings is 1. The van der Waals surface area contributed by atoms with Crippen LogP contribution in [0.15, 0.2) is 16.6 Å². The summed E-state index contributed by atoms with van der Waals surface area (Å²) in [6.07, 6.45) is -0.241. The van der Waals surface area contributed by atoms with E-state index in [4.69, 9.17) is 4.74 Å². The molecule has 0 aliphatic rings. The first-order chi connectivity index (χ1) is 9.27. The van der Waals surface area contributed by atoms with Crippen LogP contribution in [0.5, 0.6) is 0 Å². The van der Waals surface area contributed by atoms with Crippen molar-refractivity contribution in [1.29, 1.82) is 0 Å². The van der Waals surface area contributed by atoms with Gasteiger partial charge >= 0.3 is 0 Å². The van der Waals surface area contributed by atoms with Crippen LogP contribution in [0.3, 0.4) is 0 Å². The molecule has 1 amide bonds. The van der Waals surface area contributed by atoms with E-state index in [2.05, 4.69) is 21.2 Å². The van der Waals surface area contributed by atoms with Crippen LogP contribution in [0.2, 0.25) is 0 Å². The van der Waals surface area contributed by atoms with Crippen LogP contribution in [0.4, 0.5) is 10.1 Å². The minimum Gasteiger partial charge on any atom is -0.380 e. The predicted molar refractivity (Wildman–Crippen MR) is 74.2 cm³/mol. The minimum absolute atomic E-state index is 0.118. The number of nitro groups is 1. The Labute approximate surface area is 123 Å². The molecule has 0 bridgehead atoms. The lowest BCUT2D eigenvalue weighted by Crippen LogP contribution is -2.40. The fraction of sp³-hybridized carbons (Fsp3) is 0.417. The molecule has 0 radical (unpaired) electrons. The van der Waals surface area contributed by atoms with Crippen molar-refractivity contribution in [2.75, 3.05) is 7.11 Å². The second kappa shape index (κ2) is 6.76. The maximum absolute atomic E-state index is 13.6. The van der Waals surface area contributed by atoms with E-state index in [-0.39, 0.29) is 22.2 Å². The minimum atomic E-state index is -0.864. The number of nitrogens with one attached hydrogen (secondary N) is 1. The summed E-state index contributed by atoms with van der Waals surface area (Å²) in [5.74, 6) is -1.47. The number of carbonyl (C=O) groups is 1. The predicted octanol–water partition coefficient (Wildman–Crippen LogP) is 2.65. The SMILES string of the molecule is COC(C)[C@H](C)NC(=O)c1cc(F)c(Br)c([N+](=O)[O-])c1. The summed E-state index contributed by atoms with van der Waals surface area (Å²) in [5, 5.41) is 13.4. The standard InChI is InChI=1S/C12H14BrFN2O4/c1-6(7(2)20-3)15-12(17)8-4-9(14)11(13)10(5-8)16(18)19/h4-7H,1-3H3,(H,15,17)/t6-,7?/m0/s1. The van der Waals surface area contributed by atoms with Crippen molar-refractivity contribution in [3.05, 3.63) is 38.1 Å². The van der Waals surface area contributed by atoms with E-state index >= 15 is 0 Å². The van der Waals surface area contributed by atoms with Gasteiger partial charge in [0.25, 0.3) is 11.6 Å². The zero-order chi connectivity index (χ0) is 15.4. The first-order valence-electron chi connectivity index (χ1n) is 5.75. The zero-order valence-corrected chi connectivity index (χ0v) is 12.7. The molecule has 1 aromatic rings. The number of ether oxygens (including phenoxy) is 1. The number of carbonyl (C=O) groups excluding carboxylic acids is 1. The van der Waals surface area contributed by atoms with Gasteiger partial charge in [0.05, 0.1) is 17.1 Å². The highest BCUT2D eigenvalue weighted by molar-refractivity contribution is 9.10. The van der Waals surface area contributed by atoms with Gasteiger partial charge in [0.15, 0.2) is 0 Å². The molecule has 0 saturated carbocycles. The van der Waals surface area contributed by atoms with E-state index in [1.54, 1.807) is 13.8 Å². The van der Waals surface area contributed by atoms with E-state index < -0.39 is 22.3 Å². The smallest absolute Gasteiger partial charge is 0.287 e. The number of hydrogen-bond donors (Lipinski definition) is 1. The molecule has 0 aliphatic heterocycles. The van der Waals surface area contributed by atoms with Gasteiger partial charge in [-0.1, -0.05) is 0 Å². The van der Waals surface area contributed by atoms with Crippen molar-refractivity contribution < 1.29 is 18.8 Å².